The Hall–Kier alpha value is -4.44. The standard InChI is InChI=1S/C31H28O4/c1-21(2)30(32)34-28-16-10-24(11-17-28)6-7-26-9-15-27(23(5)20-26)14-8-25-12-18-29(19-13-25)35-31(33)22(3)4/h6-20H,1,3H2,2,4-5H3/b7-6+,14-8+. The number of esters is 2. The maximum Gasteiger partial charge on any atom is 0.338 e. The molecule has 4 nitrogen and oxygen atoms in total. The highest BCUT2D eigenvalue weighted by atomic mass is 16.5. The summed E-state index contributed by atoms with van der Waals surface area (Å²) in [6.07, 6.45) is 8.13. The fourth-order valence-electron chi connectivity index (χ4n) is 3.05. The molecule has 0 saturated heterocycles. The van der Waals surface area contributed by atoms with Crippen LogP contribution < -0.4 is 9.47 Å². The number of aryl methyl sites for hydroxylation is 1. The molecule has 0 aliphatic carbocycles. The van der Waals surface area contributed by atoms with Crippen molar-refractivity contribution in [3.63, 3.8) is 0 Å². The van der Waals surface area contributed by atoms with E-state index >= 15 is 0 Å². The minimum atomic E-state index is -0.431. The van der Waals surface area contributed by atoms with Crippen molar-refractivity contribution < 1.29 is 19.1 Å². The van der Waals surface area contributed by atoms with Crippen LogP contribution in [0.2, 0.25) is 0 Å². The van der Waals surface area contributed by atoms with Crippen molar-refractivity contribution in [1.82, 2.24) is 0 Å². The fourth-order valence-corrected chi connectivity index (χ4v) is 3.05. The van der Waals surface area contributed by atoms with E-state index < -0.39 is 11.9 Å². The number of ether oxygens (including phenoxy) is 2. The van der Waals surface area contributed by atoms with Gasteiger partial charge in [0.2, 0.25) is 0 Å². The molecule has 0 bridgehead atoms. The molecule has 0 aromatic heterocycles. The predicted molar refractivity (Wildman–Crippen MR) is 143 cm³/mol. The minimum Gasteiger partial charge on any atom is -0.423 e. The third-order valence-corrected chi connectivity index (χ3v) is 5.10. The maximum absolute atomic E-state index is 11.6. The van der Waals surface area contributed by atoms with Crippen LogP contribution >= 0.6 is 0 Å². The second-order valence-electron chi connectivity index (χ2n) is 8.26. The van der Waals surface area contributed by atoms with Gasteiger partial charge in [-0.3, -0.25) is 0 Å². The van der Waals surface area contributed by atoms with Gasteiger partial charge in [0, 0.05) is 11.1 Å². The Morgan fingerprint density at radius 2 is 1.03 bits per heavy atom. The summed E-state index contributed by atoms with van der Waals surface area (Å²) in [5.41, 5.74) is 6.08. The Labute approximate surface area is 206 Å². The van der Waals surface area contributed by atoms with Gasteiger partial charge in [-0.1, -0.05) is 79.9 Å². The summed E-state index contributed by atoms with van der Waals surface area (Å²) in [5, 5.41) is 0. The van der Waals surface area contributed by atoms with E-state index in [1.807, 2.05) is 42.5 Å². The highest BCUT2D eigenvalue weighted by Crippen LogP contribution is 2.20. The molecule has 3 aromatic carbocycles. The van der Waals surface area contributed by atoms with Gasteiger partial charge >= 0.3 is 11.9 Å². The lowest BCUT2D eigenvalue weighted by molar-refractivity contribution is -0.130. The Bertz CT molecular complexity index is 1310. The minimum absolute atomic E-state index is 0.363. The molecule has 0 unspecified atom stereocenters. The van der Waals surface area contributed by atoms with E-state index in [2.05, 4.69) is 44.4 Å². The molecule has 0 heterocycles. The summed E-state index contributed by atoms with van der Waals surface area (Å²) in [6.45, 7) is 12.5. The van der Waals surface area contributed by atoms with Crippen LogP contribution in [-0.2, 0) is 9.59 Å². The molecule has 3 aromatic rings. The largest absolute Gasteiger partial charge is 0.423 e. The van der Waals surface area contributed by atoms with Crippen LogP contribution in [0.25, 0.3) is 24.3 Å². The number of hydrogen-bond donors (Lipinski definition) is 0. The van der Waals surface area contributed by atoms with E-state index in [0.29, 0.717) is 22.6 Å². The van der Waals surface area contributed by atoms with E-state index in [1.165, 1.54) is 0 Å². The summed E-state index contributed by atoms with van der Waals surface area (Å²) < 4.78 is 10.4. The number of hydrogen-bond acceptors (Lipinski definition) is 4. The molecule has 176 valence electrons. The van der Waals surface area contributed by atoms with E-state index in [9.17, 15) is 9.59 Å². The summed E-state index contributed by atoms with van der Waals surface area (Å²) in [7, 11) is 0. The van der Waals surface area contributed by atoms with Gasteiger partial charge in [0.1, 0.15) is 11.5 Å². The van der Waals surface area contributed by atoms with E-state index in [4.69, 9.17) is 9.47 Å². The molecule has 3 rings (SSSR count). The molecule has 0 aliphatic heterocycles. The number of carbonyl (C=O) groups is 2. The molecule has 0 N–H and O–H groups in total. The number of carbonyl (C=O) groups excluding carboxylic acids is 2. The molecule has 35 heavy (non-hydrogen) atoms. The highest BCUT2D eigenvalue weighted by molar-refractivity contribution is 5.89. The van der Waals surface area contributed by atoms with Crippen molar-refractivity contribution in [1.29, 1.82) is 0 Å². The molecule has 4 heteroatoms. The average Bonchev–Trinajstić information content (AvgIpc) is 2.83. The van der Waals surface area contributed by atoms with Gasteiger partial charge in [-0.15, -0.1) is 0 Å². The summed E-state index contributed by atoms with van der Waals surface area (Å²) in [6, 6.07) is 20.9. The van der Waals surface area contributed by atoms with Crippen LogP contribution in [-0.4, -0.2) is 11.9 Å². The van der Waals surface area contributed by atoms with Crippen LogP contribution in [0.3, 0.4) is 0 Å². The van der Waals surface area contributed by atoms with Gasteiger partial charge in [-0.2, -0.15) is 0 Å². The fraction of sp³-hybridized carbons (Fsp3) is 0.0968. The Morgan fingerprint density at radius 1 is 0.629 bits per heavy atom. The molecule has 0 atom stereocenters. The lowest BCUT2D eigenvalue weighted by Gasteiger charge is -2.05. The number of rotatable bonds is 8. The zero-order valence-electron chi connectivity index (χ0n) is 20.2. The molecular weight excluding hydrogens is 436 g/mol. The predicted octanol–water partition coefficient (Wildman–Crippen LogP) is 7.30. The van der Waals surface area contributed by atoms with Gasteiger partial charge in [-0.05, 0) is 72.9 Å². The quantitative estimate of drug-likeness (QED) is 0.152. The normalized spacial score (nSPS) is 10.9. The maximum atomic E-state index is 11.6. The van der Waals surface area contributed by atoms with Gasteiger partial charge in [-0.25, -0.2) is 9.59 Å². The van der Waals surface area contributed by atoms with Gasteiger partial charge in [0.15, 0.2) is 0 Å². The SMILES string of the molecule is C=C(C)C(=O)Oc1ccc(/C=C/c2ccc(/C=C/c3ccc(OC(=O)C(=C)C)cc3)c(C)c2)cc1. The monoisotopic (exact) mass is 464 g/mol. The topological polar surface area (TPSA) is 52.6 Å². The van der Waals surface area contributed by atoms with E-state index in [0.717, 1.165) is 27.8 Å². The Morgan fingerprint density at radius 3 is 1.46 bits per heavy atom. The molecule has 0 fully saturated rings. The molecule has 0 aliphatic rings. The summed E-state index contributed by atoms with van der Waals surface area (Å²) in [4.78, 5) is 23.2. The molecular formula is C31H28O4. The molecule has 0 radical (unpaired) electrons. The smallest absolute Gasteiger partial charge is 0.338 e. The van der Waals surface area contributed by atoms with Crippen molar-refractivity contribution >= 4 is 36.2 Å². The lowest BCUT2D eigenvalue weighted by Crippen LogP contribution is -2.07. The van der Waals surface area contributed by atoms with Crippen molar-refractivity contribution in [3.8, 4) is 11.5 Å². The summed E-state index contributed by atoms with van der Waals surface area (Å²) in [5.74, 6) is 0.118. The first-order valence-electron chi connectivity index (χ1n) is 11.1. The van der Waals surface area contributed by atoms with Crippen LogP contribution in [0.15, 0.2) is 91.0 Å². The first-order chi connectivity index (χ1) is 16.7. The highest BCUT2D eigenvalue weighted by Gasteiger charge is 2.05. The third-order valence-electron chi connectivity index (χ3n) is 5.10. The van der Waals surface area contributed by atoms with E-state index in [-0.39, 0.29) is 0 Å². The first kappa shape index (κ1) is 25.2. The van der Waals surface area contributed by atoms with E-state index in [1.54, 1.807) is 38.1 Å². The van der Waals surface area contributed by atoms with Gasteiger partial charge in [0.25, 0.3) is 0 Å². The molecule has 0 amide bonds. The van der Waals surface area contributed by atoms with Crippen molar-refractivity contribution in [3.05, 3.63) is 119 Å². The van der Waals surface area contributed by atoms with Crippen LogP contribution in [0, 0.1) is 6.92 Å². The average molecular weight is 465 g/mol. The molecule has 0 saturated carbocycles. The third kappa shape index (κ3) is 7.54. The van der Waals surface area contributed by atoms with Gasteiger partial charge in [0.05, 0.1) is 0 Å². The second kappa shape index (κ2) is 11.6. The van der Waals surface area contributed by atoms with Crippen LogP contribution in [0.4, 0.5) is 0 Å². The van der Waals surface area contributed by atoms with Crippen molar-refractivity contribution in [2.24, 2.45) is 0 Å². The lowest BCUT2D eigenvalue weighted by atomic mass is 10.0. The zero-order chi connectivity index (χ0) is 25.4. The van der Waals surface area contributed by atoms with Crippen molar-refractivity contribution in [2.45, 2.75) is 20.8 Å². The van der Waals surface area contributed by atoms with Crippen LogP contribution in [0.5, 0.6) is 11.5 Å². The number of benzene rings is 3. The van der Waals surface area contributed by atoms with Gasteiger partial charge < -0.3 is 9.47 Å². The zero-order valence-corrected chi connectivity index (χ0v) is 20.2. The molecule has 0 spiro atoms. The second-order valence-corrected chi connectivity index (χ2v) is 8.26. The van der Waals surface area contributed by atoms with Crippen LogP contribution in [0.1, 0.15) is 41.7 Å². The first-order valence-corrected chi connectivity index (χ1v) is 11.1. The summed E-state index contributed by atoms with van der Waals surface area (Å²) >= 11 is 0. The Kier molecular flexibility index (Phi) is 8.36. The van der Waals surface area contributed by atoms with Crippen molar-refractivity contribution in [2.75, 3.05) is 0 Å². The Balaban J connectivity index is 1.62.